The molecule has 0 saturated carbocycles. The van der Waals surface area contributed by atoms with Crippen LogP contribution in [0.1, 0.15) is 24.4 Å². The molecule has 0 radical (unpaired) electrons. The predicted octanol–water partition coefficient (Wildman–Crippen LogP) is 5.38. The Morgan fingerprint density at radius 2 is 1.81 bits per heavy atom. The first kappa shape index (κ1) is 22.3. The number of nitrogens with one attached hydrogen (secondary N) is 1. The molecule has 0 bridgehead atoms. The average molecular weight is 484 g/mol. The number of pyridine rings is 1. The van der Waals surface area contributed by atoms with E-state index in [1.54, 1.807) is 16.9 Å². The summed E-state index contributed by atoms with van der Waals surface area (Å²) in [4.78, 5) is 10.7. The molecule has 4 heterocycles. The van der Waals surface area contributed by atoms with E-state index in [0.717, 1.165) is 53.7 Å². The van der Waals surface area contributed by atoms with Gasteiger partial charge in [-0.2, -0.15) is 9.83 Å². The zero-order chi connectivity index (χ0) is 24.3. The molecule has 3 aromatic heterocycles. The van der Waals surface area contributed by atoms with Gasteiger partial charge >= 0.3 is 0 Å². The molecule has 0 spiro atoms. The van der Waals surface area contributed by atoms with E-state index in [0.29, 0.717) is 24.1 Å². The minimum Gasteiger partial charge on any atom is -0.457 e. The van der Waals surface area contributed by atoms with Crippen molar-refractivity contribution in [3.8, 4) is 22.6 Å². The fraction of sp³-hybridized carbons (Fsp3) is 0.214. The fourth-order valence-corrected chi connectivity index (χ4v) is 4.50. The largest absolute Gasteiger partial charge is 0.457 e. The third kappa shape index (κ3) is 4.81. The number of benzene rings is 2. The normalized spacial score (nSPS) is 14.2. The molecule has 1 aliphatic rings. The van der Waals surface area contributed by atoms with Crippen molar-refractivity contribution in [2.45, 2.75) is 25.5 Å². The molecule has 0 amide bonds. The number of rotatable bonds is 7. The number of fused-ring (bicyclic) bond motifs is 1. The number of nitrogens with zero attached hydrogens (tertiary/aromatic N) is 4. The van der Waals surface area contributed by atoms with Gasteiger partial charge in [0.25, 0.3) is 0 Å². The van der Waals surface area contributed by atoms with E-state index in [1.165, 1.54) is 12.1 Å². The van der Waals surface area contributed by atoms with E-state index in [2.05, 4.69) is 32.3 Å². The lowest BCUT2D eigenvalue weighted by Crippen LogP contribution is -2.29. The van der Waals surface area contributed by atoms with Crippen LogP contribution in [0.3, 0.4) is 0 Å². The third-order valence-corrected chi connectivity index (χ3v) is 6.44. The van der Waals surface area contributed by atoms with Gasteiger partial charge in [-0.1, -0.05) is 12.1 Å². The number of aromatic nitrogens is 4. The molecule has 8 heteroatoms. The second-order valence-electron chi connectivity index (χ2n) is 8.94. The van der Waals surface area contributed by atoms with Gasteiger partial charge in [-0.05, 0) is 80.0 Å². The third-order valence-electron chi connectivity index (χ3n) is 6.44. The van der Waals surface area contributed by atoms with Crippen LogP contribution in [0, 0.1) is 5.82 Å². The van der Waals surface area contributed by atoms with Crippen LogP contribution in [0.15, 0.2) is 85.5 Å². The maximum absolute atomic E-state index is 13.2. The molecule has 0 aliphatic carbocycles. The lowest BCUT2D eigenvalue weighted by Gasteiger charge is -2.22. The Morgan fingerprint density at radius 1 is 0.944 bits per heavy atom. The van der Waals surface area contributed by atoms with Crippen LogP contribution in [-0.4, -0.2) is 32.6 Å². The van der Waals surface area contributed by atoms with E-state index >= 15 is 0 Å². The van der Waals surface area contributed by atoms with Gasteiger partial charge in [0.1, 0.15) is 29.4 Å². The first-order valence-corrected chi connectivity index (χ1v) is 12.1. The molecule has 7 nitrogen and oxygen atoms in total. The van der Waals surface area contributed by atoms with Crippen LogP contribution in [0.5, 0.6) is 11.5 Å². The number of ether oxygens (including phenoxy) is 1. The Morgan fingerprint density at radius 3 is 2.67 bits per heavy atom. The molecule has 1 aliphatic heterocycles. The molecule has 2 aromatic carbocycles. The van der Waals surface area contributed by atoms with Crippen molar-refractivity contribution in [2.75, 3.05) is 13.1 Å². The number of hydrogen-bond acceptors (Lipinski definition) is 5. The Bertz CT molecular complexity index is 1470. The van der Waals surface area contributed by atoms with Crippen molar-refractivity contribution >= 4 is 11.0 Å². The number of hydrogen-bond donors (Lipinski definition) is 1. The van der Waals surface area contributed by atoms with E-state index in [-0.39, 0.29) is 5.82 Å². The smallest absolute Gasteiger partial charge is 0.140 e. The highest BCUT2D eigenvalue weighted by molar-refractivity contribution is 5.80. The highest BCUT2D eigenvalue weighted by atomic mass is 19.1. The summed E-state index contributed by atoms with van der Waals surface area (Å²) in [5, 5.41) is 8.02. The van der Waals surface area contributed by atoms with Gasteiger partial charge in [0.15, 0.2) is 0 Å². The quantitative estimate of drug-likeness (QED) is 0.337. The van der Waals surface area contributed by atoms with Gasteiger partial charge in [-0.3, -0.25) is 9.67 Å². The lowest BCUT2D eigenvalue weighted by atomic mass is 10.1. The Labute approximate surface area is 208 Å². The summed E-state index contributed by atoms with van der Waals surface area (Å²) < 4.78 is 22.8. The molecular formula is C28H26FN5O2. The second-order valence-corrected chi connectivity index (χ2v) is 8.94. The fourth-order valence-electron chi connectivity index (χ4n) is 4.50. The Kier molecular flexibility index (Phi) is 6.09. The van der Waals surface area contributed by atoms with E-state index < -0.39 is 0 Å². The molecule has 0 unspecified atom stereocenters. The molecule has 6 rings (SSSR count). The van der Waals surface area contributed by atoms with E-state index in [1.807, 2.05) is 48.9 Å². The molecule has 0 atom stereocenters. The first-order chi connectivity index (χ1) is 17.7. The van der Waals surface area contributed by atoms with Crippen molar-refractivity contribution in [2.24, 2.45) is 0 Å². The minimum atomic E-state index is -0.295. The SMILES string of the molecule is Fc1ccc(Oc2cccc(COn3ccc4ncc(-c5cnn(C6CCNCC6)c5)cc43)c2)cc1. The second kappa shape index (κ2) is 9.83. The van der Waals surface area contributed by atoms with Crippen LogP contribution in [0.25, 0.3) is 22.2 Å². The van der Waals surface area contributed by atoms with Crippen LogP contribution >= 0.6 is 0 Å². The summed E-state index contributed by atoms with van der Waals surface area (Å²) in [5.74, 6) is 0.944. The van der Waals surface area contributed by atoms with Crippen molar-refractivity contribution in [1.82, 2.24) is 24.8 Å². The van der Waals surface area contributed by atoms with Crippen LogP contribution in [0.4, 0.5) is 4.39 Å². The summed E-state index contributed by atoms with van der Waals surface area (Å²) in [6.07, 6.45) is 9.95. The van der Waals surface area contributed by atoms with Gasteiger partial charge in [0.2, 0.25) is 0 Å². The van der Waals surface area contributed by atoms with Crippen molar-refractivity contribution in [3.05, 3.63) is 96.8 Å². The summed E-state index contributed by atoms with van der Waals surface area (Å²) in [7, 11) is 0. The molecule has 182 valence electrons. The van der Waals surface area contributed by atoms with Gasteiger partial charge < -0.3 is 14.9 Å². The Hall–Kier alpha value is -4.17. The molecule has 1 fully saturated rings. The van der Waals surface area contributed by atoms with Gasteiger partial charge in [-0.15, -0.1) is 0 Å². The first-order valence-electron chi connectivity index (χ1n) is 12.1. The highest BCUT2D eigenvalue weighted by Gasteiger charge is 2.16. The van der Waals surface area contributed by atoms with Crippen molar-refractivity contribution < 1.29 is 14.0 Å². The summed E-state index contributed by atoms with van der Waals surface area (Å²) in [6.45, 7) is 2.40. The highest BCUT2D eigenvalue weighted by Crippen LogP contribution is 2.26. The summed E-state index contributed by atoms with van der Waals surface area (Å²) >= 11 is 0. The zero-order valence-electron chi connectivity index (χ0n) is 19.7. The molecule has 1 saturated heterocycles. The van der Waals surface area contributed by atoms with Gasteiger partial charge in [0.05, 0.1) is 17.8 Å². The zero-order valence-corrected chi connectivity index (χ0v) is 19.7. The van der Waals surface area contributed by atoms with E-state index in [4.69, 9.17) is 9.57 Å². The van der Waals surface area contributed by atoms with Crippen molar-refractivity contribution in [1.29, 1.82) is 0 Å². The molecular weight excluding hydrogens is 457 g/mol. The minimum absolute atomic E-state index is 0.295. The molecule has 1 N–H and O–H groups in total. The Balaban J connectivity index is 1.17. The summed E-state index contributed by atoms with van der Waals surface area (Å²) in [6, 6.07) is 18.1. The van der Waals surface area contributed by atoms with Crippen LogP contribution in [0.2, 0.25) is 0 Å². The van der Waals surface area contributed by atoms with Crippen LogP contribution in [-0.2, 0) is 6.61 Å². The molecule has 36 heavy (non-hydrogen) atoms. The summed E-state index contributed by atoms with van der Waals surface area (Å²) in [5.41, 5.74) is 4.74. The molecule has 5 aromatic rings. The average Bonchev–Trinajstić information content (AvgIpc) is 3.57. The number of halogens is 1. The number of piperidine rings is 1. The van der Waals surface area contributed by atoms with Gasteiger partial charge in [0, 0.05) is 29.7 Å². The predicted molar refractivity (Wildman–Crippen MR) is 135 cm³/mol. The maximum atomic E-state index is 13.2. The van der Waals surface area contributed by atoms with Crippen molar-refractivity contribution in [3.63, 3.8) is 0 Å². The maximum Gasteiger partial charge on any atom is 0.140 e. The lowest BCUT2D eigenvalue weighted by molar-refractivity contribution is 0.107. The van der Waals surface area contributed by atoms with Crippen LogP contribution < -0.4 is 14.9 Å². The van der Waals surface area contributed by atoms with E-state index in [9.17, 15) is 4.39 Å². The van der Waals surface area contributed by atoms with Gasteiger partial charge in [-0.25, -0.2) is 4.39 Å². The standard InChI is InChI=1S/C28H26FN5O2/c29-23-4-6-25(7-5-23)36-26-3-1-2-20(14-26)19-35-34-13-10-27-28(34)15-21(16-31-27)22-17-32-33(18-22)24-8-11-30-12-9-24/h1-7,10,13-18,24,30H,8-9,11-12,19H2. The topological polar surface area (TPSA) is 66.1 Å². The monoisotopic (exact) mass is 483 g/mol.